The summed E-state index contributed by atoms with van der Waals surface area (Å²) in [5, 5.41) is 15.8. The molecule has 4 nitrogen and oxygen atoms in total. The molecule has 0 aliphatic heterocycles. The van der Waals surface area contributed by atoms with E-state index in [0.717, 1.165) is 12.8 Å². The van der Waals surface area contributed by atoms with Crippen molar-refractivity contribution in [2.75, 3.05) is 13.2 Å². The van der Waals surface area contributed by atoms with E-state index >= 15 is 0 Å². The molecule has 0 saturated heterocycles. The molecule has 0 amide bonds. The van der Waals surface area contributed by atoms with Crippen LogP contribution in [0.1, 0.15) is 26.7 Å². The third-order valence-corrected chi connectivity index (χ3v) is 0.447. The van der Waals surface area contributed by atoms with E-state index in [0.29, 0.717) is 13.2 Å². The van der Waals surface area contributed by atoms with Crippen molar-refractivity contribution in [1.29, 1.82) is 0 Å². The standard InChI is InChI=1S/C3H10OSi.2C3H8O.H2O.Zr/c1-5(2,3)4;2*1-2-3-4;;/h4H,1-3H3;2*4H,2-3H2,1H3;1H2;. The zero-order valence-electron chi connectivity index (χ0n) is 10.7. The van der Waals surface area contributed by atoms with Crippen LogP contribution in [0.25, 0.3) is 0 Å². The van der Waals surface area contributed by atoms with E-state index in [-0.39, 0.29) is 31.7 Å². The summed E-state index contributed by atoms with van der Waals surface area (Å²) in [5.41, 5.74) is 0. The second kappa shape index (κ2) is 24.3. The van der Waals surface area contributed by atoms with Gasteiger partial charge in [0.2, 0.25) is 0 Å². The Kier molecular flexibility index (Phi) is 48.1. The van der Waals surface area contributed by atoms with Gasteiger partial charge in [0.05, 0.1) is 0 Å². The molecule has 0 fully saturated rings. The van der Waals surface area contributed by atoms with Crippen molar-refractivity contribution in [3.8, 4) is 0 Å². The normalized spacial score (nSPS) is 8.00. The average Bonchev–Trinajstić information content (AvgIpc) is 2.01. The summed E-state index contributed by atoms with van der Waals surface area (Å²) in [7, 11) is -1.61. The van der Waals surface area contributed by atoms with Gasteiger partial charge in [0, 0.05) is 39.4 Å². The molecule has 5 N–H and O–H groups in total. The molecule has 0 rings (SSSR count). The molecule has 0 bridgehead atoms. The first-order valence-electron chi connectivity index (χ1n) is 4.77. The monoisotopic (exact) mass is 318 g/mol. The van der Waals surface area contributed by atoms with E-state index in [9.17, 15) is 0 Å². The van der Waals surface area contributed by atoms with Crippen molar-refractivity contribution in [3.05, 3.63) is 0 Å². The number of rotatable bonds is 2. The minimum Gasteiger partial charge on any atom is -0.433 e. The molecule has 0 atom stereocenters. The zero-order chi connectivity index (χ0) is 11.3. The molecule has 96 valence electrons. The Morgan fingerprint density at radius 3 is 0.933 bits per heavy atom. The van der Waals surface area contributed by atoms with Crippen molar-refractivity contribution in [2.24, 2.45) is 0 Å². The van der Waals surface area contributed by atoms with Crippen molar-refractivity contribution < 1.29 is 46.7 Å². The van der Waals surface area contributed by atoms with Crippen LogP contribution in [0.15, 0.2) is 0 Å². The molecule has 0 aliphatic rings. The van der Waals surface area contributed by atoms with Crippen molar-refractivity contribution in [3.63, 3.8) is 0 Å². The van der Waals surface area contributed by atoms with Gasteiger partial charge >= 0.3 is 0 Å². The fourth-order valence-corrected chi connectivity index (χ4v) is 0. The molecule has 0 aromatic carbocycles. The first-order valence-corrected chi connectivity index (χ1v) is 8.22. The Labute approximate surface area is 114 Å². The molecular weight excluding hydrogens is 291 g/mol. The number of hydrogen-bond acceptors (Lipinski definition) is 3. The molecule has 0 aliphatic carbocycles. The largest absolute Gasteiger partial charge is 0.433 e. The van der Waals surface area contributed by atoms with E-state index in [1.807, 2.05) is 33.5 Å². The van der Waals surface area contributed by atoms with Crippen molar-refractivity contribution in [1.82, 2.24) is 0 Å². The van der Waals surface area contributed by atoms with Crippen LogP contribution in [-0.4, -0.2) is 42.0 Å². The second-order valence-electron chi connectivity index (χ2n) is 3.62. The van der Waals surface area contributed by atoms with Gasteiger partial charge in [-0.1, -0.05) is 13.8 Å². The summed E-state index contributed by atoms with van der Waals surface area (Å²) >= 11 is 0. The van der Waals surface area contributed by atoms with E-state index in [2.05, 4.69) is 0 Å². The zero-order valence-corrected chi connectivity index (χ0v) is 14.1. The number of aliphatic hydroxyl groups excluding tert-OH is 2. The van der Waals surface area contributed by atoms with E-state index < -0.39 is 8.32 Å². The molecule has 0 aromatic heterocycles. The molecule has 0 spiro atoms. The van der Waals surface area contributed by atoms with Crippen LogP contribution in [0.4, 0.5) is 0 Å². The maximum atomic E-state index is 8.66. The van der Waals surface area contributed by atoms with Gasteiger partial charge in [-0.25, -0.2) is 0 Å². The second-order valence-corrected chi connectivity index (χ2v) is 7.96. The summed E-state index contributed by atoms with van der Waals surface area (Å²) in [6.07, 6.45) is 1.75. The third kappa shape index (κ3) is 289. The third-order valence-electron chi connectivity index (χ3n) is 0.447. The Bertz CT molecular complexity index is 65.0. The molecule has 0 unspecified atom stereocenters. The van der Waals surface area contributed by atoms with Crippen LogP contribution in [-0.2, 0) is 26.2 Å². The average molecular weight is 320 g/mol. The van der Waals surface area contributed by atoms with Gasteiger partial charge in [-0.15, -0.1) is 0 Å². The quantitative estimate of drug-likeness (QED) is 0.656. The molecular formula is C9H28O4SiZr. The Morgan fingerprint density at radius 2 is 0.933 bits per heavy atom. The van der Waals surface area contributed by atoms with Gasteiger partial charge in [0.1, 0.15) is 0 Å². The smallest absolute Gasteiger partial charge is 0.179 e. The molecule has 0 heterocycles. The molecule has 6 heteroatoms. The van der Waals surface area contributed by atoms with Crippen LogP contribution >= 0.6 is 0 Å². The van der Waals surface area contributed by atoms with E-state index in [1.54, 1.807) is 0 Å². The van der Waals surface area contributed by atoms with Gasteiger partial charge < -0.3 is 20.5 Å². The number of aliphatic hydroxyl groups is 2. The van der Waals surface area contributed by atoms with Crippen LogP contribution in [0.5, 0.6) is 0 Å². The predicted molar refractivity (Wildman–Crippen MR) is 63.9 cm³/mol. The Balaban J connectivity index is -0.0000000315. The first-order chi connectivity index (χ1) is 5.83. The summed E-state index contributed by atoms with van der Waals surface area (Å²) in [6.45, 7) is 10.1. The topological polar surface area (TPSA) is 92.2 Å². The van der Waals surface area contributed by atoms with Gasteiger partial charge in [0.25, 0.3) is 0 Å². The van der Waals surface area contributed by atoms with E-state index in [4.69, 9.17) is 15.0 Å². The molecule has 0 radical (unpaired) electrons. The Morgan fingerprint density at radius 1 is 0.867 bits per heavy atom. The maximum absolute atomic E-state index is 8.66. The Hall–Kier alpha value is 0.940. The van der Waals surface area contributed by atoms with Crippen LogP contribution in [0, 0.1) is 0 Å². The molecule has 15 heavy (non-hydrogen) atoms. The first kappa shape index (κ1) is 29.7. The van der Waals surface area contributed by atoms with Crippen LogP contribution in [0.3, 0.4) is 0 Å². The summed E-state index contributed by atoms with van der Waals surface area (Å²) in [5.74, 6) is 0. The minimum absolute atomic E-state index is 0. The SMILES string of the molecule is CCCO.CCCO.C[Si](C)(C)O.O.[Zr]. The van der Waals surface area contributed by atoms with Gasteiger partial charge in [0.15, 0.2) is 8.32 Å². The fourth-order valence-electron chi connectivity index (χ4n) is 0. The summed E-state index contributed by atoms with van der Waals surface area (Å²) < 4.78 is 0. The van der Waals surface area contributed by atoms with Gasteiger partial charge in [-0.05, 0) is 32.5 Å². The minimum atomic E-state index is -1.61. The predicted octanol–water partition coefficient (Wildman–Crippen LogP) is 0.764. The van der Waals surface area contributed by atoms with Crippen LogP contribution in [0.2, 0.25) is 19.6 Å². The van der Waals surface area contributed by atoms with Gasteiger partial charge in [-0.3, -0.25) is 0 Å². The maximum Gasteiger partial charge on any atom is 0.179 e. The van der Waals surface area contributed by atoms with Crippen LogP contribution < -0.4 is 0 Å². The van der Waals surface area contributed by atoms with E-state index in [1.165, 1.54) is 0 Å². The summed E-state index contributed by atoms with van der Waals surface area (Å²) in [4.78, 5) is 8.66. The van der Waals surface area contributed by atoms with Crippen molar-refractivity contribution in [2.45, 2.75) is 46.3 Å². The number of hydrogen-bond donors (Lipinski definition) is 3. The molecule has 0 saturated carbocycles. The fraction of sp³-hybridized carbons (Fsp3) is 1.00. The summed E-state index contributed by atoms with van der Waals surface area (Å²) in [6, 6.07) is 0. The van der Waals surface area contributed by atoms with Crippen molar-refractivity contribution >= 4 is 8.32 Å². The molecule has 0 aromatic rings. The van der Waals surface area contributed by atoms with Gasteiger partial charge in [-0.2, -0.15) is 0 Å².